The molecular weight excluding hydrogens is 212 g/mol. The molecule has 0 atom stereocenters. The zero-order valence-corrected chi connectivity index (χ0v) is 10.1. The first kappa shape index (κ1) is 11.4. The molecule has 4 heteroatoms. The van der Waals surface area contributed by atoms with Crippen molar-refractivity contribution in [2.24, 2.45) is 0 Å². The number of hydrogen-bond acceptors (Lipinski definition) is 4. The van der Waals surface area contributed by atoms with Gasteiger partial charge in [0, 0.05) is 38.2 Å². The number of pyridine rings is 2. The maximum Gasteiger partial charge on any atom is 0.127 e. The van der Waals surface area contributed by atoms with E-state index in [2.05, 4.69) is 20.2 Å². The molecule has 1 N–H and O–H groups in total. The monoisotopic (exact) mass is 228 g/mol. The van der Waals surface area contributed by atoms with Crippen LogP contribution in [0.3, 0.4) is 0 Å². The number of nitrogens with zero attached hydrogens (tertiary/aromatic N) is 3. The quantitative estimate of drug-likeness (QED) is 0.870. The smallest absolute Gasteiger partial charge is 0.127 e. The molecular formula is C13H16N4. The zero-order chi connectivity index (χ0) is 12.1. The van der Waals surface area contributed by atoms with Crippen LogP contribution in [0.2, 0.25) is 0 Å². The summed E-state index contributed by atoms with van der Waals surface area (Å²) in [5.41, 5.74) is 2.17. The van der Waals surface area contributed by atoms with Crippen LogP contribution < -0.4 is 10.2 Å². The number of rotatable bonds is 4. The highest BCUT2D eigenvalue weighted by molar-refractivity contribution is 5.53. The van der Waals surface area contributed by atoms with Gasteiger partial charge in [-0.15, -0.1) is 0 Å². The highest BCUT2D eigenvalue weighted by Gasteiger charge is 2.03. The van der Waals surface area contributed by atoms with Gasteiger partial charge in [-0.3, -0.25) is 4.98 Å². The Labute approximate surface area is 101 Å². The van der Waals surface area contributed by atoms with Gasteiger partial charge in [-0.2, -0.15) is 0 Å². The fourth-order valence-corrected chi connectivity index (χ4v) is 1.62. The maximum atomic E-state index is 4.31. The molecule has 0 aromatic carbocycles. The lowest BCUT2D eigenvalue weighted by Crippen LogP contribution is -2.17. The second-order valence-corrected chi connectivity index (χ2v) is 3.83. The van der Waals surface area contributed by atoms with E-state index in [1.54, 1.807) is 6.20 Å². The Morgan fingerprint density at radius 3 is 2.76 bits per heavy atom. The second kappa shape index (κ2) is 5.30. The lowest BCUT2D eigenvalue weighted by molar-refractivity contribution is 0.884. The average molecular weight is 228 g/mol. The third-order valence-electron chi connectivity index (χ3n) is 2.57. The Morgan fingerprint density at radius 2 is 2.06 bits per heavy atom. The van der Waals surface area contributed by atoms with Crippen LogP contribution in [-0.4, -0.2) is 24.1 Å². The van der Waals surface area contributed by atoms with Gasteiger partial charge >= 0.3 is 0 Å². The molecule has 88 valence electrons. The third-order valence-corrected chi connectivity index (χ3v) is 2.57. The van der Waals surface area contributed by atoms with Gasteiger partial charge in [0.15, 0.2) is 0 Å². The molecule has 0 aliphatic heterocycles. The van der Waals surface area contributed by atoms with Gasteiger partial charge in [-0.25, -0.2) is 4.98 Å². The van der Waals surface area contributed by atoms with E-state index in [1.165, 1.54) is 0 Å². The van der Waals surface area contributed by atoms with Crippen LogP contribution in [0.1, 0.15) is 5.69 Å². The number of nitrogens with one attached hydrogen (secondary N) is 1. The maximum absolute atomic E-state index is 4.31. The molecule has 0 unspecified atom stereocenters. The minimum atomic E-state index is 0.786. The van der Waals surface area contributed by atoms with E-state index in [-0.39, 0.29) is 0 Å². The van der Waals surface area contributed by atoms with Gasteiger partial charge in [-0.1, -0.05) is 6.07 Å². The Balaban J connectivity index is 2.11. The van der Waals surface area contributed by atoms with Crippen LogP contribution in [0, 0.1) is 0 Å². The van der Waals surface area contributed by atoms with Gasteiger partial charge in [-0.05, 0) is 18.2 Å². The van der Waals surface area contributed by atoms with Crippen molar-refractivity contribution in [3.8, 4) is 0 Å². The predicted molar refractivity (Wildman–Crippen MR) is 70.1 cm³/mol. The molecule has 0 bridgehead atoms. The Morgan fingerprint density at radius 1 is 1.18 bits per heavy atom. The highest BCUT2D eigenvalue weighted by atomic mass is 15.1. The van der Waals surface area contributed by atoms with Crippen molar-refractivity contribution in [1.29, 1.82) is 0 Å². The standard InChI is InChI=1S/C13H16N4/c1-14-13-9-12(6-8-16-13)17(2)10-11-5-3-4-7-15-11/h3-9H,10H2,1-2H3,(H,14,16). The molecule has 0 saturated heterocycles. The molecule has 0 radical (unpaired) electrons. The summed E-state index contributed by atoms with van der Waals surface area (Å²) in [5.74, 6) is 0.871. The first-order valence-electron chi connectivity index (χ1n) is 5.54. The molecule has 2 rings (SSSR count). The summed E-state index contributed by atoms with van der Waals surface area (Å²) >= 11 is 0. The van der Waals surface area contributed by atoms with Crippen molar-refractivity contribution < 1.29 is 0 Å². The fraction of sp³-hybridized carbons (Fsp3) is 0.231. The fourth-order valence-electron chi connectivity index (χ4n) is 1.62. The zero-order valence-electron chi connectivity index (χ0n) is 10.1. The normalized spacial score (nSPS) is 10.0. The summed E-state index contributed by atoms with van der Waals surface area (Å²) < 4.78 is 0. The van der Waals surface area contributed by atoms with E-state index in [4.69, 9.17) is 0 Å². The lowest BCUT2D eigenvalue weighted by Gasteiger charge is -2.19. The summed E-state index contributed by atoms with van der Waals surface area (Å²) in [7, 11) is 3.91. The largest absolute Gasteiger partial charge is 0.373 e. The van der Waals surface area contributed by atoms with Gasteiger partial charge in [0.25, 0.3) is 0 Å². The van der Waals surface area contributed by atoms with Crippen LogP contribution in [0.15, 0.2) is 42.7 Å². The number of aromatic nitrogens is 2. The van der Waals surface area contributed by atoms with Crippen LogP contribution in [0.5, 0.6) is 0 Å². The molecule has 0 aliphatic rings. The Hall–Kier alpha value is -2.10. The molecule has 2 aromatic heterocycles. The minimum Gasteiger partial charge on any atom is -0.373 e. The van der Waals surface area contributed by atoms with Crippen LogP contribution in [-0.2, 0) is 6.54 Å². The molecule has 17 heavy (non-hydrogen) atoms. The van der Waals surface area contributed by atoms with E-state index in [0.717, 1.165) is 23.7 Å². The SMILES string of the molecule is CNc1cc(N(C)Cc2ccccn2)ccn1. The molecule has 0 spiro atoms. The molecule has 0 aliphatic carbocycles. The van der Waals surface area contributed by atoms with E-state index in [0.29, 0.717) is 0 Å². The summed E-state index contributed by atoms with van der Waals surface area (Å²) in [6.45, 7) is 0.786. The van der Waals surface area contributed by atoms with Gasteiger partial charge in [0.2, 0.25) is 0 Å². The number of hydrogen-bond donors (Lipinski definition) is 1. The topological polar surface area (TPSA) is 41.0 Å². The van der Waals surface area contributed by atoms with Gasteiger partial charge in [0.05, 0.1) is 12.2 Å². The first-order valence-corrected chi connectivity index (χ1v) is 5.54. The van der Waals surface area contributed by atoms with Crippen molar-refractivity contribution in [1.82, 2.24) is 9.97 Å². The third kappa shape index (κ3) is 2.93. The van der Waals surface area contributed by atoms with E-state index >= 15 is 0 Å². The van der Waals surface area contributed by atoms with Crippen molar-refractivity contribution in [2.75, 3.05) is 24.3 Å². The summed E-state index contributed by atoms with van der Waals surface area (Å²) in [6, 6.07) is 9.96. The van der Waals surface area contributed by atoms with E-state index in [1.807, 2.05) is 50.6 Å². The number of anilines is 2. The molecule has 0 fully saturated rings. The van der Waals surface area contributed by atoms with Crippen LogP contribution in [0.4, 0.5) is 11.5 Å². The second-order valence-electron chi connectivity index (χ2n) is 3.83. The van der Waals surface area contributed by atoms with Crippen molar-refractivity contribution >= 4 is 11.5 Å². The molecule has 0 saturated carbocycles. The van der Waals surface area contributed by atoms with Crippen molar-refractivity contribution in [2.45, 2.75) is 6.54 Å². The van der Waals surface area contributed by atoms with Crippen molar-refractivity contribution in [3.05, 3.63) is 48.4 Å². The van der Waals surface area contributed by atoms with Crippen molar-refractivity contribution in [3.63, 3.8) is 0 Å². The Bertz CT molecular complexity index is 470. The highest BCUT2D eigenvalue weighted by Crippen LogP contribution is 2.17. The van der Waals surface area contributed by atoms with Crippen LogP contribution in [0.25, 0.3) is 0 Å². The lowest BCUT2D eigenvalue weighted by atomic mass is 10.3. The minimum absolute atomic E-state index is 0.786. The molecule has 2 heterocycles. The molecule has 0 amide bonds. The van der Waals surface area contributed by atoms with E-state index in [9.17, 15) is 0 Å². The van der Waals surface area contributed by atoms with Crippen LogP contribution >= 0.6 is 0 Å². The predicted octanol–water partition coefficient (Wildman–Crippen LogP) is 2.15. The summed E-state index contributed by atoms with van der Waals surface area (Å²) in [4.78, 5) is 10.7. The van der Waals surface area contributed by atoms with Gasteiger partial charge < -0.3 is 10.2 Å². The first-order chi connectivity index (χ1) is 8.29. The summed E-state index contributed by atoms with van der Waals surface area (Å²) in [6.07, 6.45) is 3.62. The summed E-state index contributed by atoms with van der Waals surface area (Å²) in [5, 5.41) is 3.03. The molecule has 4 nitrogen and oxygen atoms in total. The Kier molecular flexibility index (Phi) is 3.55. The van der Waals surface area contributed by atoms with E-state index < -0.39 is 0 Å². The molecule has 2 aromatic rings. The average Bonchev–Trinajstić information content (AvgIpc) is 2.40. The van der Waals surface area contributed by atoms with Gasteiger partial charge in [0.1, 0.15) is 5.82 Å².